The van der Waals surface area contributed by atoms with Crippen molar-refractivity contribution >= 4 is 24.8 Å². The maximum absolute atomic E-state index is 5.72. The molecule has 0 amide bonds. The van der Waals surface area contributed by atoms with E-state index in [1.807, 2.05) is 0 Å². The SMILES string of the molecule is C1CC2(CCN1)CCN(CCC1COCCO1)CC2.Cl.Cl. The van der Waals surface area contributed by atoms with E-state index in [0.29, 0.717) is 11.5 Å². The maximum Gasteiger partial charge on any atom is 0.0821 e. The molecule has 0 aromatic heterocycles. The highest BCUT2D eigenvalue weighted by Gasteiger charge is 2.35. The lowest BCUT2D eigenvalue weighted by Crippen LogP contribution is -2.46. The molecule has 126 valence electrons. The first-order valence-corrected chi connectivity index (χ1v) is 7.99. The summed E-state index contributed by atoms with van der Waals surface area (Å²) in [6.07, 6.45) is 7.05. The zero-order valence-electron chi connectivity index (χ0n) is 12.8. The molecule has 1 atom stereocenters. The van der Waals surface area contributed by atoms with Crippen molar-refractivity contribution in [2.75, 3.05) is 52.5 Å². The monoisotopic (exact) mass is 340 g/mol. The van der Waals surface area contributed by atoms with Crippen LogP contribution in [0.15, 0.2) is 0 Å². The van der Waals surface area contributed by atoms with Gasteiger partial charge in [-0.2, -0.15) is 0 Å². The molecule has 1 unspecified atom stereocenters. The Morgan fingerprint density at radius 2 is 1.71 bits per heavy atom. The second-order valence-corrected chi connectivity index (χ2v) is 6.45. The summed E-state index contributed by atoms with van der Waals surface area (Å²) in [4.78, 5) is 2.63. The van der Waals surface area contributed by atoms with Crippen molar-refractivity contribution in [2.24, 2.45) is 5.41 Å². The fourth-order valence-electron chi connectivity index (χ4n) is 3.74. The van der Waals surface area contributed by atoms with Gasteiger partial charge in [0.2, 0.25) is 0 Å². The van der Waals surface area contributed by atoms with E-state index in [-0.39, 0.29) is 24.8 Å². The number of hydrogen-bond donors (Lipinski definition) is 1. The largest absolute Gasteiger partial charge is 0.376 e. The van der Waals surface area contributed by atoms with Crippen molar-refractivity contribution in [3.8, 4) is 0 Å². The molecular formula is C15H30Cl2N2O2. The number of ether oxygens (including phenoxy) is 2. The van der Waals surface area contributed by atoms with Crippen molar-refractivity contribution in [3.05, 3.63) is 0 Å². The van der Waals surface area contributed by atoms with Crippen LogP contribution in [0.25, 0.3) is 0 Å². The Balaban J connectivity index is 0.00000110. The second-order valence-electron chi connectivity index (χ2n) is 6.45. The van der Waals surface area contributed by atoms with Gasteiger partial charge in [-0.15, -0.1) is 24.8 Å². The minimum atomic E-state index is 0. The van der Waals surface area contributed by atoms with Gasteiger partial charge in [-0.3, -0.25) is 0 Å². The smallest absolute Gasteiger partial charge is 0.0821 e. The molecule has 3 heterocycles. The van der Waals surface area contributed by atoms with Gasteiger partial charge in [-0.1, -0.05) is 0 Å². The van der Waals surface area contributed by atoms with E-state index in [1.165, 1.54) is 58.4 Å². The highest BCUT2D eigenvalue weighted by Crippen LogP contribution is 2.39. The molecule has 0 radical (unpaired) electrons. The molecule has 0 saturated carbocycles. The zero-order valence-corrected chi connectivity index (χ0v) is 14.5. The summed E-state index contributed by atoms with van der Waals surface area (Å²) in [7, 11) is 0. The topological polar surface area (TPSA) is 33.7 Å². The lowest BCUT2D eigenvalue weighted by atomic mass is 9.71. The molecule has 1 N–H and O–H groups in total. The number of hydrogen-bond acceptors (Lipinski definition) is 4. The van der Waals surface area contributed by atoms with Gasteiger partial charge in [-0.05, 0) is 63.7 Å². The molecule has 21 heavy (non-hydrogen) atoms. The number of likely N-dealkylation sites (tertiary alicyclic amines) is 1. The van der Waals surface area contributed by atoms with Crippen LogP contribution in [0.3, 0.4) is 0 Å². The first-order valence-electron chi connectivity index (χ1n) is 7.99. The Labute approximate surface area is 141 Å². The van der Waals surface area contributed by atoms with Crippen LogP contribution in [0, 0.1) is 5.41 Å². The third-order valence-corrected chi connectivity index (χ3v) is 5.23. The van der Waals surface area contributed by atoms with Crippen LogP contribution in [0.5, 0.6) is 0 Å². The van der Waals surface area contributed by atoms with Crippen molar-refractivity contribution < 1.29 is 9.47 Å². The van der Waals surface area contributed by atoms with E-state index in [2.05, 4.69) is 10.2 Å². The first-order chi connectivity index (χ1) is 9.36. The molecule has 0 aliphatic carbocycles. The van der Waals surface area contributed by atoms with Crippen LogP contribution in [0.2, 0.25) is 0 Å². The van der Waals surface area contributed by atoms with Crippen LogP contribution < -0.4 is 5.32 Å². The molecule has 0 aromatic carbocycles. The number of nitrogens with one attached hydrogen (secondary N) is 1. The van der Waals surface area contributed by atoms with E-state index >= 15 is 0 Å². The molecule has 3 rings (SSSR count). The number of piperidine rings is 2. The third kappa shape index (κ3) is 5.52. The Morgan fingerprint density at radius 1 is 1.00 bits per heavy atom. The lowest BCUT2D eigenvalue weighted by Gasteiger charge is -2.44. The Bertz CT molecular complexity index is 270. The highest BCUT2D eigenvalue weighted by molar-refractivity contribution is 5.85. The normalized spacial score (nSPS) is 29.4. The van der Waals surface area contributed by atoms with Gasteiger partial charge >= 0.3 is 0 Å². The summed E-state index contributed by atoms with van der Waals surface area (Å²) in [6.45, 7) is 8.56. The minimum absolute atomic E-state index is 0. The van der Waals surface area contributed by atoms with Gasteiger partial charge in [0.15, 0.2) is 0 Å². The number of rotatable bonds is 3. The summed E-state index contributed by atoms with van der Waals surface area (Å²) < 4.78 is 11.2. The van der Waals surface area contributed by atoms with E-state index in [9.17, 15) is 0 Å². The Kier molecular flexibility index (Phi) is 8.84. The van der Waals surface area contributed by atoms with E-state index in [0.717, 1.165) is 26.2 Å². The molecule has 0 bridgehead atoms. The molecule has 3 saturated heterocycles. The van der Waals surface area contributed by atoms with Crippen molar-refractivity contribution in [1.82, 2.24) is 10.2 Å². The quantitative estimate of drug-likeness (QED) is 0.852. The van der Waals surface area contributed by atoms with Crippen LogP contribution in [-0.4, -0.2) is 63.5 Å². The standard InChI is InChI=1S/C15H28N2O2.2ClH/c1(14-13-18-11-12-19-14)8-17-9-4-15(5-10-17)2-6-16-7-3-15;;/h14,16H,1-13H2;2*1H. The van der Waals surface area contributed by atoms with Crippen molar-refractivity contribution in [2.45, 2.75) is 38.2 Å². The summed E-state index contributed by atoms with van der Waals surface area (Å²) in [5.41, 5.74) is 0.673. The Morgan fingerprint density at radius 3 is 2.33 bits per heavy atom. The third-order valence-electron chi connectivity index (χ3n) is 5.23. The van der Waals surface area contributed by atoms with Gasteiger partial charge < -0.3 is 19.7 Å². The summed E-state index contributed by atoms with van der Waals surface area (Å²) in [5.74, 6) is 0. The predicted molar refractivity (Wildman–Crippen MR) is 89.9 cm³/mol. The molecule has 6 heteroatoms. The second kappa shape index (κ2) is 9.53. The molecule has 4 nitrogen and oxygen atoms in total. The average Bonchev–Trinajstić information content (AvgIpc) is 2.49. The van der Waals surface area contributed by atoms with Gasteiger partial charge in [0.25, 0.3) is 0 Å². The van der Waals surface area contributed by atoms with E-state index in [1.54, 1.807) is 0 Å². The van der Waals surface area contributed by atoms with Crippen LogP contribution >= 0.6 is 24.8 Å². The number of halogens is 2. The van der Waals surface area contributed by atoms with E-state index in [4.69, 9.17) is 9.47 Å². The van der Waals surface area contributed by atoms with Gasteiger partial charge in [0, 0.05) is 6.54 Å². The molecular weight excluding hydrogens is 311 g/mol. The average molecular weight is 341 g/mol. The first kappa shape index (κ1) is 19.5. The molecule has 3 aliphatic rings. The lowest BCUT2D eigenvalue weighted by molar-refractivity contribution is -0.0936. The number of nitrogens with zero attached hydrogens (tertiary/aromatic N) is 1. The zero-order chi connectivity index (χ0) is 13.0. The predicted octanol–water partition coefficient (Wildman–Crippen LogP) is 2.10. The van der Waals surface area contributed by atoms with E-state index < -0.39 is 0 Å². The molecule has 3 aliphatic heterocycles. The minimum Gasteiger partial charge on any atom is -0.376 e. The fourth-order valence-corrected chi connectivity index (χ4v) is 3.74. The van der Waals surface area contributed by atoms with Crippen molar-refractivity contribution in [3.63, 3.8) is 0 Å². The van der Waals surface area contributed by atoms with Gasteiger partial charge in [0.1, 0.15) is 0 Å². The maximum atomic E-state index is 5.72. The molecule has 3 fully saturated rings. The van der Waals surface area contributed by atoms with Crippen LogP contribution in [0.1, 0.15) is 32.1 Å². The Hall–Kier alpha value is 0.420. The fraction of sp³-hybridized carbons (Fsp3) is 1.00. The molecule has 1 spiro atoms. The summed E-state index contributed by atoms with van der Waals surface area (Å²) >= 11 is 0. The summed E-state index contributed by atoms with van der Waals surface area (Å²) in [5, 5.41) is 3.49. The van der Waals surface area contributed by atoms with Crippen LogP contribution in [-0.2, 0) is 9.47 Å². The molecule has 0 aromatic rings. The van der Waals surface area contributed by atoms with Crippen molar-refractivity contribution in [1.29, 1.82) is 0 Å². The highest BCUT2D eigenvalue weighted by atomic mass is 35.5. The van der Waals surface area contributed by atoms with Gasteiger partial charge in [0.05, 0.1) is 25.9 Å². The summed E-state index contributed by atoms with van der Waals surface area (Å²) in [6, 6.07) is 0. The van der Waals surface area contributed by atoms with Gasteiger partial charge in [-0.25, -0.2) is 0 Å². The van der Waals surface area contributed by atoms with Crippen LogP contribution in [0.4, 0.5) is 0 Å².